The zero-order chi connectivity index (χ0) is 14.7. The summed E-state index contributed by atoms with van der Waals surface area (Å²) in [4.78, 5) is 11.9. The normalized spacial score (nSPS) is 16.3. The largest absolute Gasteiger partial charge is 0.485 e. The molecule has 2 aromatic carbocycles. The summed E-state index contributed by atoms with van der Waals surface area (Å²) in [6, 6.07) is 13.2. The Morgan fingerprint density at radius 3 is 2.67 bits per heavy atom. The van der Waals surface area contributed by atoms with E-state index in [1.54, 1.807) is 36.4 Å². The smallest absolute Gasteiger partial charge is 0.351 e. The van der Waals surface area contributed by atoms with Crippen LogP contribution >= 0.6 is 0 Å². The number of benzene rings is 2. The zero-order valence-corrected chi connectivity index (χ0v) is 11.1. The van der Waals surface area contributed by atoms with Gasteiger partial charge in [-0.05, 0) is 18.2 Å². The maximum Gasteiger partial charge on any atom is 0.351 e. The van der Waals surface area contributed by atoms with Gasteiger partial charge < -0.3 is 14.2 Å². The lowest BCUT2D eigenvalue weighted by Crippen LogP contribution is -2.37. The van der Waals surface area contributed by atoms with Crippen molar-refractivity contribution in [1.29, 1.82) is 0 Å². The summed E-state index contributed by atoms with van der Waals surface area (Å²) < 4.78 is 29.5. The highest BCUT2D eigenvalue weighted by Gasteiger charge is 2.28. The van der Waals surface area contributed by atoms with Crippen molar-refractivity contribution in [1.82, 2.24) is 0 Å². The molecule has 0 unspecified atom stereocenters. The molecule has 3 rings (SSSR count). The summed E-state index contributed by atoms with van der Waals surface area (Å²) in [5.41, 5.74) is 0.322. The average molecular weight is 288 g/mol. The number of hydrogen-bond donors (Lipinski definition) is 0. The zero-order valence-electron chi connectivity index (χ0n) is 11.1. The van der Waals surface area contributed by atoms with Crippen LogP contribution in [-0.4, -0.2) is 18.7 Å². The maximum atomic E-state index is 13.4. The molecule has 0 radical (unpaired) electrons. The molecule has 1 atom stereocenters. The topological polar surface area (TPSA) is 44.8 Å². The van der Waals surface area contributed by atoms with E-state index in [4.69, 9.17) is 14.2 Å². The van der Waals surface area contributed by atoms with Gasteiger partial charge in [-0.25, -0.2) is 9.18 Å². The van der Waals surface area contributed by atoms with Crippen LogP contribution in [0.15, 0.2) is 48.5 Å². The second kappa shape index (κ2) is 5.83. The molecule has 1 aliphatic heterocycles. The SMILES string of the molecule is O=C(OCc1ccccc1F)[C@H]1COc2ccccc2O1. The Labute approximate surface area is 121 Å². The predicted octanol–water partition coefficient (Wildman–Crippen LogP) is 2.71. The molecule has 0 N–H and O–H groups in total. The fraction of sp³-hybridized carbons (Fsp3) is 0.188. The number of rotatable bonds is 3. The fourth-order valence-electron chi connectivity index (χ4n) is 1.99. The van der Waals surface area contributed by atoms with E-state index >= 15 is 0 Å². The number of carbonyl (C=O) groups is 1. The molecule has 0 saturated carbocycles. The Balaban J connectivity index is 1.61. The quantitative estimate of drug-likeness (QED) is 0.815. The summed E-state index contributed by atoms with van der Waals surface area (Å²) in [6.07, 6.45) is -0.841. The lowest BCUT2D eigenvalue weighted by Gasteiger charge is -2.24. The second-order valence-electron chi connectivity index (χ2n) is 4.56. The number of halogens is 1. The lowest BCUT2D eigenvalue weighted by molar-refractivity contribution is -0.155. The van der Waals surface area contributed by atoms with Gasteiger partial charge in [-0.3, -0.25) is 0 Å². The first-order valence-corrected chi connectivity index (χ1v) is 6.52. The van der Waals surface area contributed by atoms with Gasteiger partial charge in [0.2, 0.25) is 6.10 Å². The van der Waals surface area contributed by atoms with Gasteiger partial charge in [-0.15, -0.1) is 0 Å². The standard InChI is InChI=1S/C16H13FO4/c17-12-6-2-1-5-11(12)9-20-16(18)15-10-19-13-7-3-4-8-14(13)21-15/h1-8,15H,9-10H2/t15-/m1/s1. The van der Waals surface area contributed by atoms with Crippen molar-refractivity contribution in [2.45, 2.75) is 12.7 Å². The molecule has 0 aliphatic carbocycles. The van der Waals surface area contributed by atoms with Crippen LogP contribution in [0.1, 0.15) is 5.56 Å². The summed E-state index contributed by atoms with van der Waals surface area (Å²) in [6.45, 7) is -0.0554. The molecule has 108 valence electrons. The Morgan fingerprint density at radius 2 is 1.86 bits per heavy atom. The monoisotopic (exact) mass is 288 g/mol. The van der Waals surface area contributed by atoms with Crippen LogP contribution in [0.25, 0.3) is 0 Å². The van der Waals surface area contributed by atoms with Gasteiger partial charge in [0.25, 0.3) is 0 Å². The third-order valence-electron chi connectivity index (χ3n) is 3.10. The van der Waals surface area contributed by atoms with E-state index in [1.807, 2.05) is 6.07 Å². The van der Waals surface area contributed by atoms with Crippen molar-refractivity contribution >= 4 is 5.97 Å². The number of para-hydroxylation sites is 2. The van der Waals surface area contributed by atoms with Crippen molar-refractivity contribution in [3.63, 3.8) is 0 Å². The van der Waals surface area contributed by atoms with Crippen LogP contribution in [0.4, 0.5) is 4.39 Å². The minimum Gasteiger partial charge on any atom is -0.485 e. The van der Waals surface area contributed by atoms with E-state index in [2.05, 4.69) is 0 Å². The molecular weight excluding hydrogens is 275 g/mol. The summed E-state index contributed by atoms with van der Waals surface area (Å²) >= 11 is 0. The van der Waals surface area contributed by atoms with Crippen molar-refractivity contribution in [2.75, 3.05) is 6.61 Å². The van der Waals surface area contributed by atoms with Crippen molar-refractivity contribution in [2.24, 2.45) is 0 Å². The van der Waals surface area contributed by atoms with Crippen LogP contribution < -0.4 is 9.47 Å². The van der Waals surface area contributed by atoms with Crippen LogP contribution in [-0.2, 0) is 16.1 Å². The first-order chi connectivity index (χ1) is 10.2. The third kappa shape index (κ3) is 2.97. The molecule has 0 aromatic heterocycles. The molecule has 1 aliphatic rings. The van der Waals surface area contributed by atoms with Gasteiger partial charge in [-0.1, -0.05) is 30.3 Å². The van der Waals surface area contributed by atoms with E-state index in [0.717, 1.165) is 0 Å². The minimum atomic E-state index is -0.841. The van der Waals surface area contributed by atoms with Crippen LogP contribution in [0.2, 0.25) is 0 Å². The number of ether oxygens (including phenoxy) is 3. The first kappa shape index (κ1) is 13.4. The maximum absolute atomic E-state index is 13.4. The van der Waals surface area contributed by atoms with Crippen molar-refractivity contribution < 1.29 is 23.4 Å². The molecule has 1 heterocycles. The fourth-order valence-corrected chi connectivity index (χ4v) is 1.99. The molecule has 0 fully saturated rings. The minimum absolute atomic E-state index is 0.0765. The third-order valence-corrected chi connectivity index (χ3v) is 3.10. The Hall–Kier alpha value is -2.56. The molecule has 0 amide bonds. The van der Waals surface area contributed by atoms with Crippen molar-refractivity contribution in [3.8, 4) is 11.5 Å². The number of esters is 1. The molecule has 21 heavy (non-hydrogen) atoms. The van der Waals surface area contributed by atoms with Gasteiger partial charge in [0.15, 0.2) is 11.5 Å². The Bertz CT molecular complexity index is 656. The Kier molecular flexibility index (Phi) is 3.73. The average Bonchev–Trinajstić information content (AvgIpc) is 2.53. The number of fused-ring (bicyclic) bond motifs is 1. The molecule has 0 spiro atoms. The van der Waals surface area contributed by atoms with Gasteiger partial charge in [-0.2, -0.15) is 0 Å². The highest BCUT2D eigenvalue weighted by Crippen LogP contribution is 2.31. The van der Waals surface area contributed by atoms with Crippen LogP contribution in [0.5, 0.6) is 11.5 Å². The van der Waals surface area contributed by atoms with Crippen LogP contribution in [0, 0.1) is 5.82 Å². The summed E-state index contributed by atoms with van der Waals surface area (Å²) in [5.74, 6) is 0.108. The van der Waals surface area contributed by atoms with Gasteiger partial charge >= 0.3 is 5.97 Å². The predicted molar refractivity (Wildman–Crippen MR) is 72.5 cm³/mol. The number of hydrogen-bond acceptors (Lipinski definition) is 4. The molecule has 5 heteroatoms. The second-order valence-corrected chi connectivity index (χ2v) is 4.56. The molecule has 4 nitrogen and oxygen atoms in total. The molecular formula is C16H13FO4. The van der Waals surface area contributed by atoms with Gasteiger partial charge in [0, 0.05) is 5.56 Å². The highest BCUT2D eigenvalue weighted by molar-refractivity contribution is 5.76. The van der Waals surface area contributed by atoms with E-state index in [0.29, 0.717) is 17.1 Å². The number of carbonyl (C=O) groups excluding carboxylic acids is 1. The van der Waals surface area contributed by atoms with Gasteiger partial charge in [0.1, 0.15) is 19.0 Å². The lowest BCUT2D eigenvalue weighted by atomic mass is 10.2. The van der Waals surface area contributed by atoms with E-state index in [1.165, 1.54) is 6.07 Å². The molecule has 2 aromatic rings. The van der Waals surface area contributed by atoms with Crippen LogP contribution in [0.3, 0.4) is 0 Å². The summed E-state index contributed by atoms with van der Waals surface area (Å²) in [5, 5.41) is 0. The molecule has 0 bridgehead atoms. The van der Waals surface area contributed by atoms with E-state index in [9.17, 15) is 9.18 Å². The van der Waals surface area contributed by atoms with E-state index in [-0.39, 0.29) is 13.2 Å². The highest BCUT2D eigenvalue weighted by atomic mass is 19.1. The Morgan fingerprint density at radius 1 is 1.14 bits per heavy atom. The van der Waals surface area contributed by atoms with E-state index < -0.39 is 17.9 Å². The summed E-state index contributed by atoms with van der Waals surface area (Å²) in [7, 11) is 0. The van der Waals surface area contributed by atoms with Gasteiger partial charge in [0.05, 0.1) is 0 Å². The van der Waals surface area contributed by atoms with Crippen molar-refractivity contribution in [3.05, 3.63) is 59.9 Å². The molecule has 0 saturated heterocycles. The first-order valence-electron chi connectivity index (χ1n) is 6.52.